The second-order valence-electron chi connectivity index (χ2n) is 6.13. The van der Waals surface area contributed by atoms with Gasteiger partial charge in [0.05, 0.1) is 5.52 Å². The maximum Gasteiger partial charge on any atom is 0.129 e. The predicted octanol–water partition coefficient (Wildman–Crippen LogP) is 3.19. The van der Waals surface area contributed by atoms with E-state index >= 15 is 0 Å². The molecule has 0 saturated carbocycles. The first kappa shape index (κ1) is 12.2. The summed E-state index contributed by atoms with van der Waals surface area (Å²) in [6, 6.07) is 11.9. The second-order valence-corrected chi connectivity index (χ2v) is 6.13. The van der Waals surface area contributed by atoms with Crippen molar-refractivity contribution in [2.45, 2.75) is 38.3 Å². The fraction of sp³-hybridized carbons (Fsp3) is 0.471. The first-order chi connectivity index (χ1) is 9.81. The number of nitrogens with zero attached hydrogens (tertiary/aromatic N) is 2. The Hall–Kier alpha value is -1.61. The molecule has 0 bridgehead atoms. The van der Waals surface area contributed by atoms with E-state index in [0.717, 1.165) is 17.4 Å². The lowest BCUT2D eigenvalue weighted by atomic mass is 10.1. The summed E-state index contributed by atoms with van der Waals surface area (Å²) in [6.07, 6.45) is 3.94. The topological polar surface area (TPSA) is 28.2 Å². The maximum atomic E-state index is 4.82. The molecular formula is C17H21N3. The van der Waals surface area contributed by atoms with Gasteiger partial charge in [0.25, 0.3) is 0 Å². The van der Waals surface area contributed by atoms with Crippen LogP contribution in [0.25, 0.3) is 10.9 Å². The zero-order valence-corrected chi connectivity index (χ0v) is 12.0. The van der Waals surface area contributed by atoms with Crippen molar-refractivity contribution in [1.29, 1.82) is 0 Å². The number of aromatic nitrogens is 1. The van der Waals surface area contributed by atoms with Crippen LogP contribution in [0.1, 0.15) is 24.8 Å². The van der Waals surface area contributed by atoms with Crippen molar-refractivity contribution in [3.8, 4) is 0 Å². The van der Waals surface area contributed by atoms with E-state index in [2.05, 4.69) is 47.5 Å². The molecule has 0 amide bonds. The minimum Gasteiger partial charge on any atom is -0.365 e. The number of pyridine rings is 1. The molecule has 3 nitrogen and oxygen atoms in total. The largest absolute Gasteiger partial charge is 0.365 e. The fourth-order valence-corrected chi connectivity index (χ4v) is 3.79. The van der Waals surface area contributed by atoms with Crippen LogP contribution in [0, 0.1) is 6.92 Å². The molecule has 4 rings (SSSR count). The van der Waals surface area contributed by atoms with E-state index in [4.69, 9.17) is 4.98 Å². The summed E-state index contributed by atoms with van der Waals surface area (Å²) in [5, 5.41) is 4.95. The van der Waals surface area contributed by atoms with Gasteiger partial charge in [0, 0.05) is 24.0 Å². The van der Waals surface area contributed by atoms with E-state index in [0.29, 0.717) is 6.04 Å². The summed E-state index contributed by atoms with van der Waals surface area (Å²) in [7, 11) is 0. The van der Waals surface area contributed by atoms with Crippen molar-refractivity contribution in [3.05, 3.63) is 35.9 Å². The van der Waals surface area contributed by atoms with Crippen LogP contribution in [0.3, 0.4) is 0 Å². The molecule has 0 spiro atoms. The molecule has 2 fully saturated rings. The fourth-order valence-electron chi connectivity index (χ4n) is 3.79. The number of rotatable bonds is 2. The summed E-state index contributed by atoms with van der Waals surface area (Å²) in [5.41, 5.74) is 2.34. The third-order valence-corrected chi connectivity index (χ3v) is 4.84. The van der Waals surface area contributed by atoms with Gasteiger partial charge in [-0.05, 0) is 50.4 Å². The van der Waals surface area contributed by atoms with E-state index in [-0.39, 0.29) is 0 Å². The zero-order valence-electron chi connectivity index (χ0n) is 12.0. The van der Waals surface area contributed by atoms with Crippen LogP contribution in [0.5, 0.6) is 0 Å². The van der Waals surface area contributed by atoms with Gasteiger partial charge in [0.15, 0.2) is 0 Å². The summed E-state index contributed by atoms with van der Waals surface area (Å²) in [6.45, 7) is 4.69. The highest BCUT2D eigenvalue weighted by molar-refractivity contribution is 5.81. The first-order valence-corrected chi connectivity index (χ1v) is 7.68. The van der Waals surface area contributed by atoms with E-state index in [1.165, 1.54) is 43.3 Å². The molecule has 2 atom stereocenters. The Morgan fingerprint density at radius 3 is 3.05 bits per heavy atom. The molecule has 2 unspecified atom stereocenters. The number of anilines is 1. The number of hydrogen-bond acceptors (Lipinski definition) is 3. The van der Waals surface area contributed by atoms with Crippen molar-refractivity contribution in [2.24, 2.45) is 0 Å². The molecule has 20 heavy (non-hydrogen) atoms. The molecule has 0 radical (unpaired) electrons. The molecule has 1 aromatic carbocycles. The highest BCUT2D eigenvalue weighted by atomic mass is 15.2. The third-order valence-electron chi connectivity index (χ3n) is 4.84. The second kappa shape index (κ2) is 4.74. The number of hydrogen-bond donors (Lipinski definition) is 1. The molecular weight excluding hydrogens is 246 g/mol. The van der Waals surface area contributed by atoms with Crippen molar-refractivity contribution in [2.75, 3.05) is 18.4 Å². The Bertz CT molecular complexity index is 637. The molecule has 0 aliphatic carbocycles. The van der Waals surface area contributed by atoms with Crippen LogP contribution in [0.4, 0.5) is 5.82 Å². The number of benzene rings is 1. The normalized spacial score (nSPS) is 26.1. The highest BCUT2D eigenvalue weighted by Gasteiger charge is 2.37. The molecule has 1 N–H and O–H groups in total. The predicted molar refractivity (Wildman–Crippen MR) is 83.1 cm³/mol. The van der Waals surface area contributed by atoms with Crippen LogP contribution in [0.15, 0.2) is 30.3 Å². The van der Waals surface area contributed by atoms with Crippen LogP contribution in [-0.4, -0.2) is 35.1 Å². The van der Waals surface area contributed by atoms with E-state index < -0.39 is 0 Å². The van der Waals surface area contributed by atoms with Gasteiger partial charge in [0.1, 0.15) is 5.82 Å². The van der Waals surface area contributed by atoms with Gasteiger partial charge in [-0.25, -0.2) is 4.98 Å². The quantitative estimate of drug-likeness (QED) is 0.905. The smallest absolute Gasteiger partial charge is 0.129 e. The summed E-state index contributed by atoms with van der Waals surface area (Å²) < 4.78 is 0. The number of para-hydroxylation sites is 1. The number of aryl methyl sites for hydroxylation is 1. The molecule has 3 heterocycles. The monoisotopic (exact) mass is 267 g/mol. The van der Waals surface area contributed by atoms with Crippen LogP contribution >= 0.6 is 0 Å². The van der Waals surface area contributed by atoms with E-state index in [1.54, 1.807) is 0 Å². The van der Waals surface area contributed by atoms with Gasteiger partial charge in [-0.2, -0.15) is 0 Å². The van der Waals surface area contributed by atoms with Crippen LogP contribution < -0.4 is 5.32 Å². The molecule has 1 aromatic heterocycles. The van der Waals surface area contributed by atoms with Crippen LogP contribution in [0.2, 0.25) is 0 Å². The van der Waals surface area contributed by atoms with Crippen molar-refractivity contribution in [3.63, 3.8) is 0 Å². The first-order valence-electron chi connectivity index (χ1n) is 7.68. The lowest BCUT2D eigenvalue weighted by molar-refractivity contribution is 0.318. The van der Waals surface area contributed by atoms with E-state index in [1.807, 2.05) is 0 Å². The van der Waals surface area contributed by atoms with Gasteiger partial charge >= 0.3 is 0 Å². The Kier molecular flexibility index (Phi) is 2.88. The third kappa shape index (κ3) is 1.97. The van der Waals surface area contributed by atoms with Gasteiger partial charge < -0.3 is 5.32 Å². The molecule has 2 saturated heterocycles. The van der Waals surface area contributed by atoms with Crippen LogP contribution in [-0.2, 0) is 0 Å². The summed E-state index contributed by atoms with van der Waals surface area (Å²) in [5.74, 6) is 1.07. The van der Waals surface area contributed by atoms with Crippen molar-refractivity contribution < 1.29 is 0 Å². The van der Waals surface area contributed by atoms with Crippen molar-refractivity contribution in [1.82, 2.24) is 9.88 Å². The minimum atomic E-state index is 0.574. The Morgan fingerprint density at radius 2 is 2.10 bits per heavy atom. The SMILES string of the molecule is Cc1cc2ccccc2nc1NC1CCN2CCCC12. The molecule has 2 aromatic rings. The summed E-state index contributed by atoms with van der Waals surface area (Å²) in [4.78, 5) is 7.46. The molecule has 2 aliphatic rings. The van der Waals surface area contributed by atoms with Crippen molar-refractivity contribution >= 4 is 16.7 Å². The number of nitrogens with one attached hydrogen (secondary N) is 1. The zero-order chi connectivity index (χ0) is 13.5. The average molecular weight is 267 g/mol. The average Bonchev–Trinajstić information content (AvgIpc) is 3.04. The molecule has 3 heteroatoms. The molecule has 104 valence electrons. The Morgan fingerprint density at radius 1 is 1.20 bits per heavy atom. The van der Waals surface area contributed by atoms with E-state index in [9.17, 15) is 0 Å². The minimum absolute atomic E-state index is 0.574. The van der Waals surface area contributed by atoms with Gasteiger partial charge in [-0.3, -0.25) is 4.90 Å². The summed E-state index contributed by atoms with van der Waals surface area (Å²) >= 11 is 0. The Balaban J connectivity index is 1.63. The lowest BCUT2D eigenvalue weighted by Gasteiger charge is -2.22. The van der Waals surface area contributed by atoms with Gasteiger partial charge in [-0.1, -0.05) is 18.2 Å². The standard InChI is InChI=1S/C17H21N3/c1-12-11-13-5-2-3-6-14(13)18-17(12)19-15-8-10-20-9-4-7-16(15)20/h2-3,5-6,11,15-16H,4,7-10H2,1H3,(H,18,19). The lowest BCUT2D eigenvalue weighted by Crippen LogP contribution is -2.34. The Labute approximate surface area is 120 Å². The number of fused-ring (bicyclic) bond motifs is 2. The highest BCUT2D eigenvalue weighted by Crippen LogP contribution is 2.31. The van der Waals surface area contributed by atoms with Gasteiger partial charge in [-0.15, -0.1) is 0 Å². The molecule has 2 aliphatic heterocycles. The van der Waals surface area contributed by atoms with Gasteiger partial charge in [0.2, 0.25) is 0 Å². The maximum absolute atomic E-state index is 4.82.